The van der Waals surface area contributed by atoms with E-state index in [1.165, 1.54) is 0 Å². The molecule has 80 valence electrons. The van der Waals surface area contributed by atoms with E-state index in [-0.39, 0.29) is 0 Å². The number of rotatable bonds is 3. The highest BCUT2D eigenvalue weighted by molar-refractivity contribution is 5.23. The Balaban J connectivity index is 2.64. The molecule has 0 atom stereocenters. The lowest BCUT2D eigenvalue weighted by atomic mass is 9.90. The summed E-state index contributed by atoms with van der Waals surface area (Å²) in [6.45, 7) is 6.72. The van der Waals surface area contributed by atoms with Crippen molar-refractivity contribution in [1.29, 1.82) is 0 Å². The monoisotopic (exact) mass is 196 g/mol. The lowest BCUT2D eigenvalue weighted by Crippen LogP contribution is -2.09. The van der Waals surface area contributed by atoms with E-state index in [0.717, 1.165) is 24.6 Å². The summed E-state index contributed by atoms with van der Waals surface area (Å²) >= 11 is 0. The van der Waals surface area contributed by atoms with Crippen LogP contribution in [0.15, 0.2) is 0 Å². The molecule has 14 heavy (non-hydrogen) atoms. The van der Waals surface area contributed by atoms with Crippen molar-refractivity contribution in [1.82, 2.24) is 14.8 Å². The van der Waals surface area contributed by atoms with Crippen molar-refractivity contribution in [3.63, 3.8) is 0 Å². The Hall–Kier alpha value is -1.06. The van der Waals surface area contributed by atoms with Gasteiger partial charge in [-0.05, 0) is 11.8 Å². The van der Waals surface area contributed by atoms with Gasteiger partial charge >= 0.3 is 0 Å². The Bertz CT molecular complexity index is 296. The van der Waals surface area contributed by atoms with Crippen LogP contribution in [-0.4, -0.2) is 21.8 Å². The molecule has 0 saturated heterocycles. The molecule has 1 aromatic heterocycles. The van der Waals surface area contributed by atoms with Crippen molar-refractivity contribution in [2.75, 3.05) is 12.4 Å². The first-order valence-electron chi connectivity index (χ1n) is 5.00. The van der Waals surface area contributed by atoms with E-state index in [0.29, 0.717) is 5.41 Å². The van der Waals surface area contributed by atoms with Crippen molar-refractivity contribution < 1.29 is 0 Å². The quantitative estimate of drug-likeness (QED) is 0.802. The molecule has 1 N–H and O–H groups in total. The summed E-state index contributed by atoms with van der Waals surface area (Å²) in [5.74, 6) is 1.87. The van der Waals surface area contributed by atoms with E-state index < -0.39 is 0 Å². The molecule has 1 aromatic rings. The van der Waals surface area contributed by atoms with Gasteiger partial charge in [0.25, 0.3) is 0 Å². The molecule has 1 rings (SSSR count). The van der Waals surface area contributed by atoms with Crippen LogP contribution in [0.5, 0.6) is 0 Å². The van der Waals surface area contributed by atoms with E-state index in [2.05, 4.69) is 36.3 Å². The van der Waals surface area contributed by atoms with E-state index >= 15 is 0 Å². The van der Waals surface area contributed by atoms with Crippen molar-refractivity contribution in [2.24, 2.45) is 12.5 Å². The predicted octanol–water partition coefficient (Wildman–Crippen LogP) is 1.84. The van der Waals surface area contributed by atoms with Crippen LogP contribution in [0.4, 0.5) is 5.95 Å². The molecule has 0 aliphatic rings. The zero-order valence-corrected chi connectivity index (χ0v) is 9.76. The van der Waals surface area contributed by atoms with Gasteiger partial charge in [-0.1, -0.05) is 20.8 Å². The lowest BCUT2D eigenvalue weighted by molar-refractivity contribution is 0.372. The first-order chi connectivity index (χ1) is 6.44. The minimum absolute atomic E-state index is 0.353. The minimum atomic E-state index is 0.353. The number of nitrogens with one attached hydrogen (secondary N) is 1. The van der Waals surface area contributed by atoms with Gasteiger partial charge in [0.05, 0.1) is 0 Å². The second-order valence-electron chi connectivity index (χ2n) is 4.81. The maximum atomic E-state index is 4.14. The molecule has 1 heterocycles. The second kappa shape index (κ2) is 3.98. The largest absolute Gasteiger partial charge is 0.357 e. The Labute approximate surface area is 85.7 Å². The summed E-state index contributed by atoms with van der Waals surface area (Å²) < 4.78 is 2.01. The second-order valence-corrected chi connectivity index (χ2v) is 4.81. The van der Waals surface area contributed by atoms with E-state index in [1.54, 1.807) is 0 Å². The topological polar surface area (TPSA) is 42.7 Å². The normalized spacial score (nSPS) is 11.8. The first-order valence-corrected chi connectivity index (χ1v) is 5.00. The van der Waals surface area contributed by atoms with E-state index in [4.69, 9.17) is 0 Å². The summed E-state index contributed by atoms with van der Waals surface area (Å²) in [7, 11) is 3.85. The molecule has 0 aliphatic heterocycles. The molecule has 0 fully saturated rings. The Kier molecular flexibility index (Phi) is 3.13. The summed E-state index contributed by atoms with van der Waals surface area (Å²) in [6, 6.07) is 0. The van der Waals surface area contributed by atoms with Gasteiger partial charge in [-0.2, -0.15) is 0 Å². The molecular formula is C10H20N4. The fourth-order valence-corrected chi connectivity index (χ4v) is 1.28. The lowest BCUT2D eigenvalue weighted by Gasteiger charge is -2.17. The van der Waals surface area contributed by atoms with Crippen molar-refractivity contribution in [3.05, 3.63) is 5.82 Å². The molecule has 0 aromatic carbocycles. The van der Waals surface area contributed by atoms with Crippen LogP contribution in [0.25, 0.3) is 0 Å². The highest BCUT2D eigenvalue weighted by atomic mass is 15.3. The Morgan fingerprint density at radius 2 is 1.93 bits per heavy atom. The van der Waals surface area contributed by atoms with Gasteiger partial charge in [-0.15, -0.1) is 10.2 Å². The van der Waals surface area contributed by atoms with Gasteiger partial charge in [-0.25, -0.2) is 0 Å². The van der Waals surface area contributed by atoms with Crippen LogP contribution < -0.4 is 5.32 Å². The number of aryl methyl sites for hydroxylation is 1. The fraction of sp³-hybridized carbons (Fsp3) is 0.800. The van der Waals surface area contributed by atoms with Crippen LogP contribution in [0.3, 0.4) is 0 Å². The molecule has 0 radical (unpaired) electrons. The van der Waals surface area contributed by atoms with Gasteiger partial charge in [-0.3, -0.25) is 0 Å². The van der Waals surface area contributed by atoms with Crippen LogP contribution >= 0.6 is 0 Å². The molecule has 0 aliphatic carbocycles. The van der Waals surface area contributed by atoms with Gasteiger partial charge in [0.2, 0.25) is 5.95 Å². The third kappa shape index (κ3) is 2.72. The third-order valence-corrected chi connectivity index (χ3v) is 2.29. The van der Waals surface area contributed by atoms with Crippen molar-refractivity contribution in [2.45, 2.75) is 33.6 Å². The fourth-order valence-electron chi connectivity index (χ4n) is 1.28. The van der Waals surface area contributed by atoms with Crippen LogP contribution in [0.1, 0.15) is 33.0 Å². The first kappa shape index (κ1) is 11.0. The van der Waals surface area contributed by atoms with E-state index in [9.17, 15) is 0 Å². The molecule has 0 unspecified atom stereocenters. The number of anilines is 1. The summed E-state index contributed by atoms with van der Waals surface area (Å²) in [5.41, 5.74) is 0.353. The highest BCUT2D eigenvalue weighted by Gasteiger charge is 2.13. The zero-order valence-electron chi connectivity index (χ0n) is 9.76. The maximum absolute atomic E-state index is 4.14. The standard InChI is InChI=1S/C10H20N4/c1-10(2,3)7-6-8-12-13-9(11-4)14(8)5/h6-7H2,1-5H3,(H,11,13). The van der Waals surface area contributed by atoms with Gasteiger partial charge in [0, 0.05) is 20.5 Å². The third-order valence-electron chi connectivity index (χ3n) is 2.29. The molecule has 4 nitrogen and oxygen atoms in total. The van der Waals surface area contributed by atoms with Crippen molar-refractivity contribution in [3.8, 4) is 0 Å². The molecule has 0 saturated carbocycles. The van der Waals surface area contributed by atoms with Crippen LogP contribution in [0, 0.1) is 5.41 Å². The van der Waals surface area contributed by atoms with Gasteiger partial charge < -0.3 is 9.88 Å². The molecule has 4 heteroatoms. The Morgan fingerprint density at radius 3 is 2.36 bits per heavy atom. The summed E-state index contributed by atoms with van der Waals surface area (Å²) in [6.07, 6.45) is 2.11. The number of aromatic nitrogens is 3. The molecule has 0 bridgehead atoms. The van der Waals surface area contributed by atoms with Crippen LogP contribution in [0.2, 0.25) is 0 Å². The van der Waals surface area contributed by atoms with E-state index in [1.807, 2.05) is 18.7 Å². The van der Waals surface area contributed by atoms with Crippen molar-refractivity contribution >= 4 is 5.95 Å². The predicted molar refractivity (Wildman–Crippen MR) is 58.3 cm³/mol. The Morgan fingerprint density at radius 1 is 1.29 bits per heavy atom. The smallest absolute Gasteiger partial charge is 0.224 e. The number of hydrogen-bond acceptors (Lipinski definition) is 3. The van der Waals surface area contributed by atoms with Gasteiger partial charge in [0.15, 0.2) is 0 Å². The zero-order chi connectivity index (χ0) is 10.8. The summed E-state index contributed by atoms with van der Waals surface area (Å²) in [5, 5.41) is 11.2. The SMILES string of the molecule is CNc1nnc(CCC(C)(C)C)n1C. The number of nitrogens with zero attached hydrogens (tertiary/aromatic N) is 3. The number of hydrogen-bond donors (Lipinski definition) is 1. The van der Waals surface area contributed by atoms with Crippen LogP contribution in [-0.2, 0) is 13.5 Å². The maximum Gasteiger partial charge on any atom is 0.224 e. The molecule has 0 amide bonds. The average Bonchev–Trinajstić information content (AvgIpc) is 2.42. The molecular weight excluding hydrogens is 176 g/mol. The summed E-state index contributed by atoms with van der Waals surface area (Å²) in [4.78, 5) is 0. The average molecular weight is 196 g/mol. The molecule has 0 spiro atoms. The van der Waals surface area contributed by atoms with Gasteiger partial charge in [0.1, 0.15) is 5.82 Å². The minimum Gasteiger partial charge on any atom is -0.357 e. The highest BCUT2D eigenvalue weighted by Crippen LogP contribution is 2.21.